The predicted molar refractivity (Wildman–Crippen MR) is 53.6 cm³/mol. The van der Waals surface area contributed by atoms with E-state index in [1.54, 1.807) is 7.05 Å². The molecule has 15 heavy (non-hydrogen) atoms. The van der Waals surface area contributed by atoms with Gasteiger partial charge in [-0.1, -0.05) is 0 Å². The minimum absolute atomic E-state index is 0.180. The second kappa shape index (κ2) is 2.88. The largest absolute Gasteiger partial charge is 0.478 e. The van der Waals surface area contributed by atoms with Crippen LogP contribution in [0.5, 0.6) is 5.88 Å². The monoisotopic (exact) mass is 208 g/mol. The number of hydrogen-bond donors (Lipinski definition) is 0. The molecular weight excluding hydrogens is 196 g/mol. The van der Waals surface area contributed by atoms with E-state index in [2.05, 4.69) is 15.3 Å². The van der Waals surface area contributed by atoms with Crippen LogP contribution >= 0.6 is 0 Å². The van der Waals surface area contributed by atoms with E-state index in [0.717, 1.165) is 0 Å². The Kier molecular flexibility index (Phi) is 1.89. The van der Waals surface area contributed by atoms with Crippen molar-refractivity contribution in [2.24, 2.45) is 17.3 Å². The fourth-order valence-electron chi connectivity index (χ4n) is 1.61. The first kappa shape index (κ1) is 9.82. The van der Waals surface area contributed by atoms with Gasteiger partial charge in [-0.15, -0.1) is 10.2 Å². The average Bonchev–Trinajstić information content (AvgIpc) is 2.48. The van der Waals surface area contributed by atoms with E-state index in [0.29, 0.717) is 17.1 Å². The Morgan fingerprint density at radius 1 is 1.40 bits per heavy atom. The summed E-state index contributed by atoms with van der Waals surface area (Å²) < 4.78 is 6.31. The zero-order valence-corrected chi connectivity index (χ0v) is 9.11. The second-order valence-corrected chi connectivity index (χ2v) is 3.92. The molecule has 0 bridgehead atoms. The average molecular weight is 208 g/mol. The Morgan fingerprint density at radius 3 is 2.67 bits per heavy atom. The fourth-order valence-corrected chi connectivity index (χ4v) is 1.61. The molecule has 0 fully saturated rings. The van der Waals surface area contributed by atoms with Crippen molar-refractivity contribution in [3.05, 3.63) is 15.9 Å². The molecule has 2 rings (SSSR count). The zero-order valence-electron chi connectivity index (χ0n) is 9.11. The van der Waals surface area contributed by atoms with Gasteiger partial charge >= 0.3 is 0 Å². The van der Waals surface area contributed by atoms with Gasteiger partial charge in [0, 0.05) is 7.05 Å². The van der Waals surface area contributed by atoms with E-state index in [4.69, 9.17) is 4.74 Å². The molecule has 0 aliphatic carbocycles. The summed E-state index contributed by atoms with van der Waals surface area (Å²) in [6, 6.07) is 0. The molecule has 0 spiro atoms. The maximum absolute atomic E-state index is 11.9. The molecule has 80 valence electrons. The summed E-state index contributed by atoms with van der Waals surface area (Å²) in [7, 11) is 3.08. The lowest BCUT2D eigenvalue weighted by molar-refractivity contribution is 0.382. The Morgan fingerprint density at radius 2 is 2.07 bits per heavy atom. The van der Waals surface area contributed by atoms with Crippen LogP contribution in [0, 0.1) is 0 Å². The van der Waals surface area contributed by atoms with Crippen molar-refractivity contribution in [3.8, 4) is 5.88 Å². The summed E-state index contributed by atoms with van der Waals surface area (Å²) in [5.41, 5.74) is 0.212. The molecule has 0 aromatic carbocycles. The molecule has 6 nitrogen and oxygen atoms in total. The van der Waals surface area contributed by atoms with Gasteiger partial charge in [0.2, 0.25) is 0 Å². The summed E-state index contributed by atoms with van der Waals surface area (Å²) in [4.78, 5) is 11.9. The number of methoxy groups -OCH3 is 1. The molecule has 0 amide bonds. The van der Waals surface area contributed by atoms with E-state index in [9.17, 15) is 4.79 Å². The maximum atomic E-state index is 11.9. The van der Waals surface area contributed by atoms with Gasteiger partial charge in [0.1, 0.15) is 5.54 Å². The minimum Gasteiger partial charge on any atom is -0.478 e. The summed E-state index contributed by atoms with van der Waals surface area (Å²) >= 11 is 0. The van der Waals surface area contributed by atoms with Gasteiger partial charge in [-0.25, -0.2) is 4.68 Å². The van der Waals surface area contributed by atoms with Crippen molar-refractivity contribution >= 4 is 5.69 Å². The van der Waals surface area contributed by atoms with Crippen molar-refractivity contribution < 1.29 is 4.74 Å². The number of aryl methyl sites for hydroxylation is 1. The summed E-state index contributed by atoms with van der Waals surface area (Å²) in [5, 5.41) is 11.9. The highest BCUT2D eigenvalue weighted by Crippen LogP contribution is 2.41. The topological polar surface area (TPSA) is 68.8 Å². The lowest BCUT2D eigenvalue weighted by Crippen LogP contribution is -2.29. The van der Waals surface area contributed by atoms with Gasteiger partial charge < -0.3 is 4.74 Å². The molecule has 0 atom stereocenters. The van der Waals surface area contributed by atoms with Crippen LogP contribution in [0.4, 0.5) is 5.69 Å². The lowest BCUT2D eigenvalue weighted by Gasteiger charge is -2.14. The third kappa shape index (κ3) is 1.25. The van der Waals surface area contributed by atoms with Gasteiger partial charge in [-0.05, 0) is 13.8 Å². The van der Waals surface area contributed by atoms with Crippen LogP contribution in [0.25, 0.3) is 0 Å². The minimum atomic E-state index is -0.597. The van der Waals surface area contributed by atoms with Gasteiger partial charge in [-0.2, -0.15) is 5.11 Å². The summed E-state index contributed by atoms with van der Waals surface area (Å²) in [6.07, 6.45) is 0. The Bertz CT molecular complexity index is 502. The van der Waals surface area contributed by atoms with Crippen molar-refractivity contribution in [2.45, 2.75) is 19.4 Å². The highest BCUT2D eigenvalue weighted by Gasteiger charge is 2.35. The first-order chi connectivity index (χ1) is 6.97. The van der Waals surface area contributed by atoms with Crippen LogP contribution in [-0.4, -0.2) is 16.9 Å². The van der Waals surface area contributed by atoms with Crippen molar-refractivity contribution in [3.63, 3.8) is 0 Å². The van der Waals surface area contributed by atoms with Gasteiger partial charge in [-0.3, -0.25) is 4.79 Å². The third-order valence-electron chi connectivity index (χ3n) is 2.39. The summed E-state index contributed by atoms with van der Waals surface area (Å²) in [6.45, 7) is 3.67. The number of hydrogen-bond acceptors (Lipinski definition) is 5. The number of rotatable bonds is 1. The molecule has 0 saturated carbocycles. The van der Waals surface area contributed by atoms with Crippen LogP contribution in [0.2, 0.25) is 0 Å². The normalized spacial score (nSPS) is 16.5. The van der Waals surface area contributed by atoms with Crippen molar-refractivity contribution in [2.75, 3.05) is 7.11 Å². The first-order valence-corrected chi connectivity index (χ1v) is 4.56. The van der Waals surface area contributed by atoms with Crippen molar-refractivity contribution in [1.82, 2.24) is 9.78 Å². The molecule has 0 N–H and O–H groups in total. The standard InChI is InChI=1S/C9H12N4O2/c1-9(2)5-6(10-12-9)7(15-4)11-13(3)8(5)14/h1-4H3. The Balaban J connectivity index is 2.83. The van der Waals surface area contributed by atoms with E-state index in [1.165, 1.54) is 11.8 Å². The van der Waals surface area contributed by atoms with Gasteiger partial charge in [0.05, 0.1) is 12.7 Å². The number of aromatic nitrogens is 2. The number of fused-ring (bicyclic) bond motifs is 1. The van der Waals surface area contributed by atoms with Crippen LogP contribution < -0.4 is 10.3 Å². The second-order valence-electron chi connectivity index (χ2n) is 3.92. The molecule has 1 aliphatic heterocycles. The SMILES string of the molecule is COc1nn(C)c(=O)c2c1N=NC2(C)C. The highest BCUT2D eigenvalue weighted by molar-refractivity contribution is 5.57. The molecule has 0 radical (unpaired) electrons. The maximum Gasteiger partial charge on any atom is 0.274 e. The smallest absolute Gasteiger partial charge is 0.274 e. The van der Waals surface area contributed by atoms with E-state index < -0.39 is 5.54 Å². The van der Waals surface area contributed by atoms with Crippen molar-refractivity contribution in [1.29, 1.82) is 0 Å². The Hall–Kier alpha value is -1.72. The van der Waals surface area contributed by atoms with Crippen LogP contribution in [0.1, 0.15) is 19.4 Å². The Labute approximate surface area is 86.6 Å². The molecule has 0 unspecified atom stereocenters. The van der Waals surface area contributed by atoms with Gasteiger partial charge in [0.25, 0.3) is 11.4 Å². The molecular formula is C9H12N4O2. The van der Waals surface area contributed by atoms with Crippen LogP contribution in [-0.2, 0) is 12.6 Å². The molecule has 6 heteroatoms. The molecule has 1 aromatic heterocycles. The number of ether oxygens (including phenoxy) is 1. The van der Waals surface area contributed by atoms with Crippen LogP contribution in [0.15, 0.2) is 15.0 Å². The van der Waals surface area contributed by atoms with E-state index >= 15 is 0 Å². The van der Waals surface area contributed by atoms with Crippen LogP contribution in [0.3, 0.4) is 0 Å². The fraction of sp³-hybridized carbons (Fsp3) is 0.556. The molecule has 0 saturated heterocycles. The highest BCUT2D eigenvalue weighted by atomic mass is 16.5. The number of nitrogens with zero attached hydrogens (tertiary/aromatic N) is 4. The summed E-state index contributed by atoms with van der Waals surface area (Å²) in [5.74, 6) is 0.335. The third-order valence-corrected chi connectivity index (χ3v) is 2.39. The molecule has 1 aromatic rings. The first-order valence-electron chi connectivity index (χ1n) is 4.56. The molecule has 2 heterocycles. The van der Waals surface area contributed by atoms with E-state index in [1.807, 2.05) is 13.8 Å². The number of azo groups is 1. The zero-order chi connectivity index (χ0) is 11.2. The van der Waals surface area contributed by atoms with E-state index in [-0.39, 0.29) is 5.56 Å². The van der Waals surface area contributed by atoms with Gasteiger partial charge in [0.15, 0.2) is 5.69 Å². The molecule has 1 aliphatic rings. The predicted octanol–water partition coefficient (Wildman–Crippen LogP) is 1.12. The quantitative estimate of drug-likeness (QED) is 0.694. The lowest BCUT2D eigenvalue weighted by atomic mass is 9.97.